The van der Waals surface area contributed by atoms with Crippen LogP contribution in [0.25, 0.3) is 5.69 Å². The highest BCUT2D eigenvalue weighted by Crippen LogP contribution is 2.19. The summed E-state index contributed by atoms with van der Waals surface area (Å²) in [7, 11) is 1.77. The number of nitrogens with two attached hydrogens (primary N) is 1. The summed E-state index contributed by atoms with van der Waals surface area (Å²) >= 11 is 0. The quantitative estimate of drug-likeness (QED) is 0.913. The second-order valence-electron chi connectivity index (χ2n) is 5.79. The van der Waals surface area contributed by atoms with Gasteiger partial charge in [0.25, 0.3) is 0 Å². The van der Waals surface area contributed by atoms with E-state index in [-0.39, 0.29) is 11.2 Å². The van der Waals surface area contributed by atoms with Crippen molar-refractivity contribution >= 4 is 0 Å². The Morgan fingerprint density at radius 2 is 1.89 bits per heavy atom. The van der Waals surface area contributed by atoms with E-state index in [2.05, 4.69) is 0 Å². The van der Waals surface area contributed by atoms with Crippen LogP contribution >= 0.6 is 0 Å². The van der Waals surface area contributed by atoms with Gasteiger partial charge in [-0.3, -0.25) is 4.57 Å². The molecule has 1 heterocycles. The predicted molar refractivity (Wildman–Crippen MR) is 77.7 cm³/mol. The molecule has 2 rings (SSSR count). The average Bonchev–Trinajstić information content (AvgIpc) is 2.52. The molecule has 1 aromatic carbocycles. The van der Waals surface area contributed by atoms with Gasteiger partial charge < -0.3 is 10.3 Å². The van der Waals surface area contributed by atoms with Crippen LogP contribution in [0, 0.1) is 6.92 Å². The van der Waals surface area contributed by atoms with Crippen molar-refractivity contribution in [1.82, 2.24) is 9.13 Å². The number of benzene rings is 1. The molecule has 0 aliphatic heterocycles. The molecule has 2 aromatic rings. The van der Waals surface area contributed by atoms with Crippen LogP contribution < -0.4 is 11.4 Å². The zero-order chi connectivity index (χ0) is 14.2. The zero-order valence-corrected chi connectivity index (χ0v) is 12.0. The molecule has 0 amide bonds. The summed E-state index contributed by atoms with van der Waals surface area (Å²) in [6.07, 6.45) is 2.57. The van der Waals surface area contributed by atoms with Crippen LogP contribution in [0.5, 0.6) is 0 Å². The molecule has 102 valence electrons. The number of rotatable bonds is 3. The fourth-order valence-electron chi connectivity index (χ4n) is 2.36. The molecule has 0 bridgehead atoms. The lowest BCUT2D eigenvalue weighted by atomic mass is 9.95. The molecule has 0 aliphatic rings. The Balaban J connectivity index is 2.60. The van der Waals surface area contributed by atoms with Gasteiger partial charge in [-0.05, 0) is 38.8 Å². The van der Waals surface area contributed by atoms with Gasteiger partial charge in [-0.15, -0.1) is 0 Å². The van der Waals surface area contributed by atoms with E-state index in [4.69, 9.17) is 5.73 Å². The van der Waals surface area contributed by atoms with E-state index in [1.54, 1.807) is 16.2 Å². The van der Waals surface area contributed by atoms with Gasteiger partial charge in [-0.25, -0.2) is 4.79 Å². The fraction of sp³-hybridized carbons (Fsp3) is 0.400. The molecule has 0 atom stereocenters. The van der Waals surface area contributed by atoms with E-state index >= 15 is 0 Å². The van der Waals surface area contributed by atoms with E-state index in [1.807, 2.05) is 51.2 Å². The topological polar surface area (TPSA) is 53.0 Å². The largest absolute Gasteiger partial charge is 0.332 e. The summed E-state index contributed by atoms with van der Waals surface area (Å²) < 4.78 is 3.33. The Morgan fingerprint density at radius 3 is 2.42 bits per heavy atom. The lowest BCUT2D eigenvalue weighted by Gasteiger charge is -2.21. The standard InChI is InChI=1S/C15H21N3O/c1-11-10-17(4)14(19)18(11)13-8-6-5-7-12(13)9-15(2,3)16/h5-8,10H,9,16H2,1-4H3. The molecule has 0 saturated heterocycles. The van der Waals surface area contributed by atoms with Crippen LogP contribution in [0.2, 0.25) is 0 Å². The third kappa shape index (κ3) is 2.79. The van der Waals surface area contributed by atoms with Crippen LogP contribution in [0.1, 0.15) is 25.1 Å². The first-order valence-electron chi connectivity index (χ1n) is 6.42. The van der Waals surface area contributed by atoms with Crippen molar-refractivity contribution < 1.29 is 0 Å². The normalized spacial score (nSPS) is 11.8. The number of aryl methyl sites for hydroxylation is 2. The summed E-state index contributed by atoms with van der Waals surface area (Å²) in [6.45, 7) is 5.92. The van der Waals surface area contributed by atoms with Crippen LogP contribution in [0.4, 0.5) is 0 Å². The molecule has 2 N–H and O–H groups in total. The van der Waals surface area contributed by atoms with Crippen LogP contribution in [0.15, 0.2) is 35.3 Å². The molecule has 0 spiro atoms. The summed E-state index contributed by atoms with van der Waals surface area (Å²) in [5, 5.41) is 0. The van der Waals surface area contributed by atoms with Crippen LogP contribution in [-0.2, 0) is 13.5 Å². The minimum atomic E-state index is -0.303. The Kier molecular flexibility index (Phi) is 3.37. The number of hydrogen-bond acceptors (Lipinski definition) is 2. The highest BCUT2D eigenvalue weighted by molar-refractivity contribution is 5.43. The fourth-order valence-corrected chi connectivity index (χ4v) is 2.36. The van der Waals surface area contributed by atoms with Crippen molar-refractivity contribution in [2.45, 2.75) is 32.7 Å². The van der Waals surface area contributed by atoms with Gasteiger partial charge in [0.2, 0.25) is 0 Å². The van der Waals surface area contributed by atoms with Crippen molar-refractivity contribution in [2.24, 2.45) is 12.8 Å². The molecule has 4 heteroatoms. The van der Waals surface area contributed by atoms with E-state index in [0.29, 0.717) is 0 Å². The third-order valence-corrected chi connectivity index (χ3v) is 3.10. The Bertz CT molecular complexity index is 644. The maximum Gasteiger partial charge on any atom is 0.332 e. The summed E-state index contributed by atoms with van der Waals surface area (Å²) in [6, 6.07) is 7.92. The number of nitrogens with zero attached hydrogens (tertiary/aromatic N) is 2. The van der Waals surface area contributed by atoms with Gasteiger partial charge in [0.1, 0.15) is 0 Å². The molecule has 4 nitrogen and oxygen atoms in total. The third-order valence-electron chi connectivity index (χ3n) is 3.10. The number of aromatic nitrogens is 2. The second kappa shape index (κ2) is 4.70. The van der Waals surface area contributed by atoms with Gasteiger partial charge in [0, 0.05) is 24.5 Å². The number of para-hydroxylation sites is 1. The van der Waals surface area contributed by atoms with E-state index in [0.717, 1.165) is 23.4 Å². The molecule has 0 saturated carbocycles. The molecular weight excluding hydrogens is 238 g/mol. The lowest BCUT2D eigenvalue weighted by molar-refractivity contribution is 0.515. The first kappa shape index (κ1) is 13.6. The van der Waals surface area contributed by atoms with E-state index in [9.17, 15) is 4.79 Å². The van der Waals surface area contributed by atoms with E-state index in [1.165, 1.54) is 0 Å². The minimum absolute atomic E-state index is 0.0280. The van der Waals surface area contributed by atoms with Crippen LogP contribution in [0.3, 0.4) is 0 Å². The highest BCUT2D eigenvalue weighted by Gasteiger charge is 2.17. The monoisotopic (exact) mass is 259 g/mol. The Morgan fingerprint density at radius 1 is 1.26 bits per heavy atom. The smallest absolute Gasteiger partial charge is 0.325 e. The van der Waals surface area contributed by atoms with Gasteiger partial charge >= 0.3 is 5.69 Å². The first-order valence-corrected chi connectivity index (χ1v) is 6.42. The van der Waals surface area contributed by atoms with Crippen molar-refractivity contribution in [1.29, 1.82) is 0 Å². The van der Waals surface area contributed by atoms with Gasteiger partial charge in [-0.2, -0.15) is 0 Å². The lowest BCUT2D eigenvalue weighted by Crippen LogP contribution is -2.35. The molecule has 0 radical (unpaired) electrons. The van der Waals surface area contributed by atoms with Crippen LogP contribution in [-0.4, -0.2) is 14.7 Å². The van der Waals surface area contributed by atoms with Gasteiger partial charge in [-0.1, -0.05) is 18.2 Å². The highest BCUT2D eigenvalue weighted by atomic mass is 16.1. The maximum absolute atomic E-state index is 12.2. The Hall–Kier alpha value is -1.81. The first-order chi connectivity index (χ1) is 8.79. The van der Waals surface area contributed by atoms with Crippen molar-refractivity contribution in [3.8, 4) is 5.69 Å². The SMILES string of the molecule is Cc1cn(C)c(=O)n1-c1ccccc1CC(C)(C)N. The molecule has 0 fully saturated rings. The van der Waals surface area contributed by atoms with Crippen molar-refractivity contribution in [2.75, 3.05) is 0 Å². The summed E-state index contributed by atoms with van der Waals surface area (Å²) in [4.78, 5) is 12.2. The molecule has 19 heavy (non-hydrogen) atoms. The Labute approximate surface area is 113 Å². The van der Waals surface area contributed by atoms with Crippen molar-refractivity contribution in [3.63, 3.8) is 0 Å². The summed E-state index contributed by atoms with van der Waals surface area (Å²) in [5.41, 5.74) is 8.71. The average molecular weight is 259 g/mol. The van der Waals surface area contributed by atoms with Gasteiger partial charge in [0.05, 0.1) is 5.69 Å². The predicted octanol–water partition coefficient (Wildman–Crippen LogP) is 1.76. The van der Waals surface area contributed by atoms with Crippen molar-refractivity contribution in [3.05, 3.63) is 52.2 Å². The van der Waals surface area contributed by atoms with E-state index < -0.39 is 0 Å². The maximum atomic E-state index is 12.2. The molecule has 0 aliphatic carbocycles. The molecular formula is C15H21N3O. The zero-order valence-electron chi connectivity index (χ0n) is 12.0. The molecule has 1 aromatic heterocycles. The molecule has 0 unspecified atom stereocenters. The van der Waals surface area contributed by atoms with Gasteiger partial charge in [0.15, 0.2) is 0 Å². The number of imidazole rings is 1. The minimum Gasteiger partial charge on any atom is -0.325 e. The second-order valence-corrected chi connectivity index (χ2v) is 5.79. The number of hydrogen-bond donors (Lipinski definition) is 1. The summed E-state index contributed by atoms with van der Waals surface area (Å²) in [5.74, 6) is 0.